The molecule has 0 bridgehead atoms. The summed E-state index contributed by atoms with van der Waals surface area (Å²) in [5.74, 6) is 0. The van der Waals surface area contributed by atoms with Gasteiger partial charge in [0.2, 0.25) is 0 Å². The molecule has 0 radical (unpaired) electrons. The number of benzene rings is 2. The average molecular weight is 217 g/mol. The third-order valence-corrected chi connectivity index (χ3v) is 2.53. The van der Waals surface area contributed by atoms with E-state index >= 15 is 0 Å². The van der Waals surface area contributed by atoms with Crippen LogP contribution < -0.4 is 0 Å². The van der Waals surface area contributed by atoms with E-state index in [4.69, 9.17) is 9.37 Å². The molecule has 0 aromatic heterocycles. The van der Waals surface area contributed by atoms with E-state index in [1.807, 2.05) is 30.3 Å². The Labute approximate surface area is 98.9 Å². The van der Waals surface area contributed by atoms with Crippen LogP contribution in [0.1, 0.15) is 22.6 Å². The van der Waals surface area contributed by atoms with E-state index in [9.17, 15) is 0 Å². The van der Waals surface area contributed by atoms with Crippen LogP contribution in [0.2, 0.25) is 0 Å². The summed E-state index contributed by atoms with van der Waals surface area (Å²) >= 11 is 0. The second-order valence-electron chi connectivity index (χ2n) is 3.58. The highest BCUT2D eigenvalue weighted by Crippen LogP contribution is 2.29. The highest BCUT2D eigenvalue weighted by molar-refractivity contribution is 5.86. The summed E-state index contributed by atoms with van der Waals surface area (Å²) < 4.78 is 22.1. The lowest BCUT2D eigenvalue weighted by Gasteiger charge is -2.15. The fourth-order valence-electron chi connectivity index (χ4n) is 1.79. The van der Waals surface area contributed by atoms with Crippen molar-refractivity contribution >= 4 is 10.8 Å². The lowest BCUT2D eigenvalue weighted by molar-refractivity contribution is -0.271. The normalized spacial score (nSPS) is 16.2. The Balaban J connectivity index is 2.56. The summed E-state index contributed by atoms with van der Waals surface area (Å²) in [4.78, 5) is 4.37. The summed E-state index contributed by atoms with van der Waals surface area (Å²) in [5, 5.41) is 10.8. The molecule has 1 unspecified atom stereocenters. The maximum atomic E-state index is 9.06. The summed E-state index contributed by atoms with van der Waals surface area (Å²) in [6, 6.07) is 12.9. The van der Waals surface area contributed by atoms with E-state index in [-0.39, 0.29) is 5.57 Å². The first-order valence-electron chi connectivity index (χ1n) is 6.42. The molecule has 0 spiro atoms. The molecule has 0 fully saturated rings. The predicted molar refractivity (Wildman–Crippen MR) is 65.2 cm³/mol. The standard InChI is InChI=1S/C14H14O2/c1-10(2)14(16-15)13-9-5-7-11-6-3-4-8-12(11)13/h3-9,14-15H,1H2,2H3/i2D3. The van der Waals surface area contributed by atoms with Gasteiger partial charge in [0.1, 0.15) is 6.10 Å². The van der Waals surface area contributed by atoms with Crippen molar-refractivity contribution in [3.63, 3.8) is 0 Å². The summed E-state index contributed by atoms with van der Waals surface area (Å²) in [6.45, 7) is 1.15. The molecule has 0 aliphatic carbocycles. The maximum Gasteiger partial charge on any atom is 0.139 e. The van der Waals surface area contributed by atoms with Crippen molar-refractivity contribution in [1.29, 1.82) is 0 Å². The van der Waals surface area contributed by atoms with Gasteiger partial charge in [0, 0.05) is 4.11 Å². The molecule has 82 valence electrons. The van der Waals surface area contributed by atoms with Gasteiger partial charge in [-0.05, 0) is 28.8 Å². The van der Waals surface area contributed by atoms with Gasteiger partial charge >= 0.3 is 0 Å². The largest absolute Gasteiger partial charge is 0.251 e. The zero-order valence-electron chi connectivity index (χ0n) is 11.7. The average Bonchev–Trinajstić information content (AvgIpc) is 2.38. The lowest BCUT2D eigenvalue weighted by atomic mass is 9.97. The molecule has 2 heteroatoms. The quantitative estimate of drug-likeness (QED) is 0.479. The van der Waals surface area contributed by atoms with Crippen molar-refractivity contribution in [3.8, 4) is 0 Å². The highest BCUT2D eigenvalue weighted by atomic mass is 17.1. The van der Waals surface area contributed by atoms with Gasteiger partial charge < -0.3 is 0 Å². The van der Waals surface area contributed by atoms with Crippen molar-refractivity contribution in [2.24, 2.45) is 0 Å². The minimum atomic E-state index is -2.38. The Hall–Kier alpha value is -1.64. The number of fused-ring (bicyclic) bond motifs is 1. The SMILES string of the molecule is [2H]C([2H])([2H])C(=C)C(OO)c1cccc2ccccc12. The smallest absolute Gasteiger partial charge is 0.139 e. The first-order chi connectivity index (χ1) is 8.95. The van der Waals surface area contributed by atoms with Crippen LogP contribution in [0.15, 0.2) is 54.6 Å². The zero-order chi connectivity index (χ0) is 14.0. The molecule has 0 heterocycles. The molecule has 16 heavy (non-hydrogen) atoms. The fourth-order valence-corrected chi connectivity index (χ4v) is 1.79. The van der Waals surface area contributed by atoms with E-state index in [0.717, 1.165) is 10.8 Å². The summed E-state index contributed by atoms with van der Waals surface area (Å²) in [6.07, 6.45) is -1.07. The molecule has 2 aromatic rings. The third kappa shape index (κ3) is 1.85. The summed E-state index contributed by atoms with van der Waals surface area (Å²) in [7, 11) is 0. The molecule has 2 nitrogen and oxygen atoms in total. The molecule has 0 aliphatic rings. The van der Waals surface area contributed by atoms with Crippen LogP contribution in [0.25, 0.3) is 10.8 Å². The number of rotatable bonds is 3. The van der Waals surface area contributed by atoms with Gasteiger partial charge in [-0.3, -0.25) is 5.26 Å². The van der Waals surface area contributed by atoms with Gasteiger partial charge in [0.15, 0.2) is 0 Å². The molecule has 0 saturated carbocycles. The summed E-state index contributed by atoms with van der Waals surface area (Å²) in [5.41, 5.74) is 0.438. The highest BCUT2D eigenvalue weighted by Gasteiger charge is 2.15. The zero-order valence-corrected chi connectivity index (χ0v) is 8.68. The van der Waals surface area contributed by atoms with E-state index in [2.05, 4.69) is 11.5 Å². The van der Waals surface area contributed by atoms with Crippen LogP contribution in [0.3, 0.4) is 0 Å². The van der Waals surface area contributed by atoms with Crippen molar-refractivity contribution in [2.75, 3.05) is 0 Å². The minimum Gasteiger partial charge on any atom is -0.251 e. The Morgan fingerprint density at radius 1 is 1.31 bits per heavy atom. The van der Waals surface area contributed by atoms with Gasteiger partial charge in [0.25, 0.3) is 0 Å². The van der Waals surface area contributed by atoms with Crippen LogP contribution in [0, 0.1) is 0 Å². The van der Waals surface area contributed by atoms with Crippen molar-refractivity contribution < 1.29 is 14.3 Å². The minimum absolute atomic E-state index is 0.147. The van der Waals surface area contributed by atoms with E-state index < -0.39 is 13.0 Å². The molecule has 0 saturated heterocycles. The Morgan fingerprint density at radius 3 is 2.81 bits per heavy atom. The van der Waals surface area contributed by atoms with Gasteiger partial charge in [0.05, 0.1) is 0 Å². The fraction of sp³-hybridized carbons (Fsp3) is 0.143. The van der Waals surface area contributed by atoms with E-state index in [1.54, 1.807) is 12.1 Å². The van der Waals surface area contributed by atoms with Gasteiger partial charge in [-0.2, -0.15) is 0 Å². The molecule has 2 aromatic carbocycles. The number of hydrogen-bond donors (Lipinski definition) is 1. The second-order valence-corrected chi connectivity index (χ2v) is 3.58. The predicted octanol–water partition coefficient (Wildman–Crippen LogP) is 3.95. The van der Waals surface area contributed by atoms with Gasteiger partial charge in [-0.15, -0.1) is 0 Å². The Bertz CT molecular complexity index is 600. The molecule has 0 amide bonds. The number of hydrogen-bond acceptors (Lipinski definition) is 2. The van der Waals surface area contributed by atoms with Crippen LogP contribution >= 0.6 is 0 Å². The first-order valence-corrected chi connectivity index (χ1v) is 4.92. The van der Waals surface area contributed by atoms with Crippen molar-refractivity contribution in [2.45, 2.75) is 13.0 Å². The van der Waals surface area contributed by atoms with E-state index in [1.165, 1.54) is 0 Å². The molecular weight excluding hydrogens is 200 g/mol. The van der Waals surface area contributed by atoms with Crippen LogP contribution in [0.5, 0.6) is 0 Å². The van der Waals surface area contributed by atoms with Crippen LogP contribution in [0.4, 0.5) is 0 Å². The van der Waals surface area contributed by atoms with Gasteiger partial charge in [-0.25, -0.2) is 4.89 Å². The van der Waals surface area contributed by atoms with E-state index in [0.29, 0.717) is 5.56 Å². The Morgan fingerprint density at radius 2 is 2.06 bits per heavy atom. The second kappa shape index (κ2) is 4.47. The third-order valence-electron chi connectivity index (χ3n) is 2.53. The van der Waals surface area contributed by atoms with Crippen molar-refractivity contribution in [3.05, 3.63) is 60.2 Å². The topological polar surface area (TPSA) is 29.5 Å². The molecule has 0 aliphatic heterocycles. The molecule has 1 N–H and O–H groups in total. The molecule has 1 atom stereocenters. The maximum absolute atomic E-state index is 9.06. The molecular formula is C14H14O2. The Kier molecular flexibility index (Phi) is 2.13. The molecule has 2 rings (SSSR count). The van der Waals surface area contributed by atoms with Crippen LogP contribution in [-0.2, 0) is 4.89 Å². The van der Waals surface area contributed by atoms with Gasteiger partial charge in [-0.1, -0.05) is 49.0 Å². The first kappa shape index (κ1) is 7.60. The van der Waals surface area contributed by atoms with Crippen molar-refractivity contribution in [1.82, 2.24) is 0 Å². The lowest BCUT2D eigenvalue weighted by Crippen LogP contribution is -2.03. The monoisotopic (exact) mass is 217 g/mol. The van der Waals surface area contributed by atoms with Crippen LogP contribution in [-0.4, -0.2) is 5.26 Å².